The van der Waals surface area contributed by atoms with Gasteiger partial charge in [0.2, 0.25) is 5.91 Å². The van der Waals surface area contributed by atoms with Gasteiger partial charge in [-0.3, -0.25) is 4.79 Å². The van der Waals surface area contributed by atoms with Crippen LogP contribution in [0, 0.1) is 0 Å². The van der Waals surface area contributed by atoms with Crippen LogP contribution in [0.15, 0.2) is 54.6 Å². The number of nitrogens with zero attached hydrogens (tertiary/aromatic N) is 2. The van der Waals surface area contributed by atoms with Crippen LogP contribution in [0.2, 0.25) is 0 Å². The molecule has 0 unspecified atom stereocenters. The molecule has 3 aromatic rings. The van der Waals surface area contributed by atoms with E-state index in [0.717, 1.165) is 47.8 Å². The van der Waals surface area contributed by atoms with Crippen LogP contribution in [-0.2, 0) is 17.6 Å². The SMILES string of the molecule is CCOc1ccccc1OCCCC(=O)Nc1c2c(nn1-c1ccccc1)CCC2. The molecule has 4 rings (SSSR count). The van der Waals surface area contributed by atoms with Gasteiger partial charge in [-0.15, -0.1) is 0 Å². The summed E-state index contributed by atoms with van der Waals surface area (Å²) in [7, 11) is 0. The first-order valence-corrected chi connectivity index (χ1v) is 10.6. The lowest BCUT2D eigenvalue weighted by Gasteiger charge is -2.12. The van der Waals surface area contributed by atoms with E-state index in [1.165, 1.54) is 0 Å². The quantitative estimate of drug-likeness (QED) is 0.530. The molecule has 30 heavy (non-hydrogen) atoms. The molecule has 6 heteroatoms. The Morgan fingerprint density at radius 3 is 2.53 bits per heavy atom. The molecule has 1 aliphatic carbocycles. The Hall–Kier alpha value is -3.28. The average molecular weight is 405 g/mol. The minimum absolute atomic E-state index is 0.0246. The predicted molar refractivity (Wildman–Crippen MR) is 117 cm³/mol. The zero-order chi connectivity index (χ0) is 20.8. The molecule has 0 saturated carbocycles. The van der Waals surface area contributed by atoms with E-state index >= 15 is 0 Å². The summed E-state index contributed by atoms with van der Waals surface area (Å²) in [6.45, 7) is 2.98. The van der Waals surface area contributed by atoms with Crippen molar-refractivity contribution in [2.75, 3.05) is 18.5 Å². The minimum atomic E-state index is -0.0246. The zero-order valence-corrected chi connectivity index (χ0v) is 17.3. The fraction of sp³-hybridized carbons (Fsp3) is 0.333. The third-order valence-electron chi connectivity index (χ3n) is 5.12. The van der Waals surface area contributed by atoms with Gasteiger partial charge < -0.3 is 14.8 Å². The van der Waals surface area contributed by atoms with Crippen LogP contribution in [0.4, 0.5) is 5.82 Å². The van der Waals surface area contributed by atoms with Crippen molar-refractivity contribution in [2.24, 2.45) is 0 Å². The number of carbonyl (C=O) groups is 1. The van der Waals surface area contributed by atoms with Crippen molar-refractivity contribution in [3.8, 4) is 17.2 Å². The van der Waals surface area contributed by atoms with Crippen molar-refractivity contribution in [1.82, 2.24) is 9.78 Å². The molecule has 1 N–H and O–H groups in total. The highest BCUT2D eigenvalue weighted by Crippen LogP contribution is 2.31. The number of benzene rings is 2. The lowest BCUT2D eigenvalue weighted by molar-refractivity contribution is -0.116. The van der Waals surface area contributed by atoms with Gasteiger partial charge in [-0.2, -0.15) is 5.10 Å². The van der Waals surface area contributed by atoms with Gasteiger partial charge in [-0.25, -0.2) is 4.68 Å². The van der Waals surface area contributed by atoms with Crippen molar-refractivity contribution >= 4 is 11.7 Å². The number of aromatic nitrogens is 2. The van der Waals surface area contributed by atoms with E-state index in [0.29, 0.717) is 31.8 Å². The van der Waals surface area contributed by atoms with Crippen LogP contribution in [0.5, 0.6) is 11.5 Å². The highest BCUT2D eigenvalue weighted by Gasteiger charge is 2.24. The van der Waals surface area contributed by atoms with Crippen molar-refractivity contribution in [2.45, 2.75) is 39.0 Å². The number of anilines is 1. The summed E-state index contributed by atoms with van der Waals surface area (Å²) in [6.07, 6.45) is 4.00. The van der Waals surface area contributed by atoms with E-state index in [-0.39, 0.29) is 5.91 Å². The number of hydrogen-bond acceptors (Lipinski definition) is 4. The first-order chi connectivity index (χ1) is 14.8. The molecule has 1 aromatic heterocycles. The number of fused-ring (bicyclic) bond motifs is 1. The lowest BCUT2D eigenvalue weighted by Crippen LogP contribution is -2.17. The van der Waals surface area contributed by atoms with Gasteiger partial charge in [0.05, 0.1) is 24.6 Å². The van der Waals surface area contributed by atoms with Gasteiger partial charge in [-0.1, -0.05) is 30.3 Å². The van der Waals surface area contributed by atoms with Crippen LogP contribution < -0.4 is 14.8 Å². The van der Waals surface area contributed by atoms with Crippen LogP contribution in [0.25, 0.3) is 5.69 Å². The first-order valence-electron chi connectivity index (χ1n) is 10.6. The van der Waals surface area contributed by atoms with E-state index in [9.17, 15) is 4.79 Å². The summed E-state index contributed by atoms with van der Waals surface area (Å²) in [5.41, 5.74) is 3.21. The molecule has 1 heterocycles. The molecule has 0 atom stereocenters. The molecular weight excluding hydrogens is 378 g/mol. The molecule has 0 aliphatic heterocycles. The number of nitrogens with one attached hydrogen (secondary N) is 1. The van der Waals surface area contributed by atoms with Gasteiger partial charge in [-0.05, 0) is 56.9 Å². The maximum atomic E-state index is 12.6. The topological polar surface area (TPSA) is 65.4 Å². The van der Waals surface area contributed by atoms with Gasteiger partial charge in [0.25, 0.3) is 0 Å². The number of aryl methyl sites for hydroxylation is 1. The molecule has 2 aromatic carbocycles. The molecule has 0 bridgehead atoms. The van der Waals surface area contributed by atoms with E-state index in [4.69, 9.17) is 14.6 Å². The highest BCUT2D eigenvalue weighted by molar-refractivity contribution is 5.91. The summed E-state index contributed by atoms with van der Waals surface area (Å²) in [4.78, 5) is 12.6. The number of carbonyl (C=O) groups excluding carboxylic acids is 1. The van der Waals surface area contributed by atoms with Crippen molar-refractivity contribution in [1.29, 1.82) is 0 Å². The van der Waals surface area contributed by atoms with E-state index < -0.39 is 0 Å². The molecule has 0 radical (unpaired) electrons. The summed E-state index contributed by atoms with van der Waals surface area (Å²) >= 11 is 0. The molecule has 1 aliphatic rings. The van der Waals surface area contributed by atoms with Crippen LogP contribution >= 0.6 is 0 Å². The number of amides is 1. The van der Waals surface area contributed by atoms with Gasteiger partial charge in [0.15, 0.2) is 11.5 Å². The first kappa shape index (κ1) is 20.0. The molecule has 156 valence electrons. The molecule has 6 nitrogen and oxygen atoms in total. The fourth-order valence-electron chi connectivity index (χ4n) is 3.73. The van der Waals surface area contributed by atoms with E-state index in [2.05, 4.69) is 5.32 Å². The average Bonchev–Trinajstić information content (AvgIpc) is 3.36. The third kappa shape index (κ3) is 4.48. The Morgan fingerprint density at radius 2 is 1.77 bits per heavy atom. The molecule has 0 fully saturated rings. The predicted octanol–water partition coefficient (Wildman–Crippen LogP) is 4.56. The van der Waals surface area contributed by atoms with E-state index in [1.54, 1.807) is 0 Å². The Morgan fingerprint density at radius 1 is 1.03 bits per heavy atom. The third-order valence-corrected chi connectivity index (χ3v) is 5.12. The van der Waals surface area contributed by atoms with Gasteiger partial charge in [0, 0.05) is 12.0 Å². The Bertz CT molecular complexity index is 998. The standard InChI is InChI=1S/C24H27N3O3/c1-2-29-21-14-6-7-15-22(21)30-17-9-16-23(28)25-24-19-12-8-13-20(19)26-27(24)18-10-4-3-5-11-18/h3-7,10-11,14-15H,2,8-9,12-13,16-17H2,1H3,(H,25,28). The largest absolute Gasteiger partial charge is 0.490 e. The fourth-order valence-corrected chi connectivity index (χ4v) is 3.73. The molecule has 0 spiro atoms. The smallest absolute Gasteiger partial charge is 0.225 e. The van der Waals surface area contributed by atoms with Crippen molar-refractivity contribution in [3.63, 3.8) is 0 Å². The monoisotopic (exact) mass is 405 g/mol. The number of ether oxygens (including phenoxy) is 2. The van der Waals surface area contributed by atoms with Gasteiger partial charge >= 0.3 is 0 Å². The van der Waals surface area contributed by atoms with Crippen molar-refractivity contribution < 1.29 is 14.3 Å². The summed E-state index contributed by atoms with van der Waals surface area (Å²) in [5.74, 6) is 2.22. The number of rotatable bonds is 9. The van der Waals surface area contributed by atoms with Gasteiger partial charge in [0.1, 0.15) is 5.82 Å². The Balaban J connectivity index is 1.36. The minimum Gasteiger partial charge on any atom is -0.490 e. The lowest BCUT2D eigenvalue weighted by atomic mass is 10.2. The maximum Gasteiger partial charge on any atom is 0.225 e. The molecular formula is C24H27N3O3. The normalized spacial score (nSPS) is 12.4. The second-order valence-corrected chi connectivity index (χ2v) is 7.25. The second kappa shape index (κ2) is 9.48. The van der Waals surface area contributed by atoms with Crippen LogP contribution in [0.1, 0.15) is 37.4 Å². The maximum absolute atomic E-state index is 12.6. The van der Waals surface area contributed by atoms with Crippen LogP contribution in [-0.4, -0.2) is 28.9 Å². The van der Waals surface area contributed by atoms with E-state index in [1.807, 2.05) is 66.2 Å². The Labute approximate surface area is 176 Å². The summed E-state index contributed by atoms with van der Waals surface area (Å²) in [6, 6.07) is 17.5. The Kier molecular flexibility index (Phi) is 6.32. The van der Waals surface area contributed by atoms with Crippen LogP contribution in [0.3, 0.4) is 0 Å². The summed E-state index contributed by atoms with van der Waals surface area (Å²) in [5, 5.41) is 7.84. The van der Waals surface area contributed by atoms with Crippen molar-refractivity contribution in [3.05, 3.63) is 65.9 Å². The molecule has 1 amide bonds. The molecule has 0 saturated heterocycles. The second-order valence-electron chi connectivity index (χ2n) is 7.25. The zero-order valence-electron chi connectivity index (χ0n) is 17.3. The summed E-state index contributed by atoms with van der Waals surface area (Å²) < 4.78 is 13.2. The number of hydrogen-bond donors (Lipinski definition) is 1. The highest BCUT2D eigenvalue weighted by atomic mass is 16.5. The number of para-hydroxylation sites is 3.